The van der Waals surface area contributed by atoms with Crippen molar-refractivity contribution in [1.82, 2.24) is 5.32 Å². The van der Waals surface area contributed by atoms with Gasteiger partial charge < -0.3 is 10.1 Å². The zero-order valence-corrected chi connectivity index (χ0v) is 13.9. The Balaban J connectivity index is 1.88. The molecule has 2 aromatic carbocycles. The van der Waals surface area contributed by atoms with Crippen LogP contribution in [0.1, 0.15) is 28.9 Å². The molecule has 0 fully saturated rings. The van der Waals surface area contributed by atoms with E-state index in [4.69, 9.17) is 27.9 Å². The SMILES string of the molecule is CC(NC(=O)COC(=O)c1ccccc1)c1ccc(Cl)cc1Cl. The number of carbonyl (C=O) groups is 2. The Labute approximate surface area is 144 Å². The van der Waals surface area contributed by atoms with Crippen molar-refractivity contribution in [3.8, 4) is 0 Å². The lowest BCUT2D eigenvalue weighted by Gasteiger charge is -2.16. The first-order chi connectivity index (χ1) is 11.0. The van der Waals surface area contributed by atoms with Gasteiger partial charge >= 0.3 is 5.97 Å². The van der Waals surface area contributed by atoms with Gasteiger partial charge in [0.2, 0.25) is 0 Å². The van der Waals surface area contributed by atoms with Crippen molar-refractivity contribution in [3.63, 3.8) is 0 Å². The molecule has 1 amide bonds. The number of ether oxygens (including phenoxy) is 1. The summed E-state index contributed by atoms with van der Waals surface area (Å²) in [6.45, 7) is 1.43. The third kappa shape index (κ3) is 4.98. The zero-order chi connectivity index (χ0) is 16.8. The van der Waals surface area contributed by atoms with Gasteiger partial charge in [-0.15, -0.1) is 0 Å². The average Bonchev–Trinajstić information content (AvgIpc) is 2.53. The molecule has 0 heterocycles. The summed E-state index contributed by atoms with van der Waals surface area (Å²) in [5.74, 6) is -0.953. The zero-order valence-electron chi connectivity index (χ0n) is 12.4. The van der Waals surface area contributed by atoms with E-state index in [9.17, 15) is 9.59 Å². The molecule has 120 valence electrons. The molecule has 2 aromatic rings. The van der Waals surface area contributed by atoms with Crippen LogP contribution in [-0.4, -0.2) is 18.5 Å². The first kappa shape index (κ1) is 17.3. The number of benzene rings is 2. The molecule has 0 aliphatic heterocycles. The number of halogens is 2. The summed E-state index contributed by atoms with van der Waals surface area (Å²) in [5.41, 5.74) is 1.13. The Morgan fingerprint density at radius 2 is 1.83 bits per heavy atom. The van der Waals surface area contributed by atoms with Crippen LogP contribution in [0.5, 0.6) is 0 Å². The number of nitrogens with one attached hydrogen (secondary N) is 1. The van der Waals surface area contributed by atoms with E-state index in [0.29, 0.717) is 15.6 Å². The van der Waals surface area contributed by atoms with Crippen LogP contribution in [0.4, 0.5) is 0 Å². The van der Waals surface area contributed by atoms with Gasteiger partial charge in [0.15, 0.2) is 6.61 Å². The summed E-state index contributed by atoms with van der Waals surface area (Å²) in [7, 11) is 0. The quantitative estimate of drug-likeness (QED) is 0.827. The number of carbonyl (C=O) groups excluding carboxylic acids is 2. The number of amides is 1. The van der Waals surface area contributed by atoms with Gasteiger partial charge in [-0.2, -0.15) is 0 Å². The molecule has 0 spiro atoms. The standard InChI is InChI=1S/C17H15Cl2NO3/c1-11(14-8-7-13(18)9-15(14)19)20-16(21)10-23-17(22)12-5-3-2-4-6-12/h2-9,11H,10H2,1H3,(H,20,21). The maximum Gasteiger partial charge on any atom is 0.338 e. The van der Waals surface area contributed by atoms with Crippen LogP contribution in [0.3, 0.4) is 0 Å². The maximum atomic E-state index is 11.9. The van der Waals surface area contributed by atoms with Crippen molar-refractivity contribution in [2.75, 3.05) is 6.61 Å². The van der Waals surface area contributed by atoms with Crippen molar-refractivity contribution in [2.45, 2.75) is 13.0 Å². The van der Waals surface area contributed by atoms with Crippen molar-refractivity contribution >= 4 is 35.1 Å². The van der Waals surface area contributed by atoms with Gasteiger partial charge in [-0.3, -0.25) is 4.79 Å². The predicted octanol–water partition coefficient (Wildman–Crippen LogP) is 4.03. The Bertz CT molecular complexity index is 704. The summed E-state index contributed by atoms with van der Waals surface area (Å²) in [5, 5.41) is 3.71. The van der Waals surface area contributed by atoms with Crippen molar-refractivity contribution < 1.29 is 14.3 Å². The van der Waals surface area contributed by atoms with E-state index >= 15 is 0 Å². The Morgan fingerprint density at radius 1 is 1.13 bits per heavy atom. The molecular formula is C17H15Cl2NO3. The molecule has 0 aromatic heterocycles. The Morgan fingerprint density at radius 3 is 2.48 bits per heavy atom. The lowest BCUT2D eigenvalue weighted by molar-refractivity contribution is -0.124. The highest BCUT2D eigenvalue weighted by Gasteiger charge is 2.15. The van der Waals surface area contributed by atoms with Gasteiger partial charge in [-0.25, -0.2) is 4.79 Å². The lowest BCUT2D eigenvalue weighted by Crippen LogP contribution is -2.31. The van der Waals surface area contributed by atoms with E-state index in [1.807, 2.05) is 0 Å². The molecule has 0 bridgehead atoms. The van der Waals surface area contributed by atoms with Gasteiger partial charge in [0.05, 0.1) is 11.6 Å². The van der Waals surface area contributed by atoms with E-state index < -0.39 is 11.9 Å². The lowest BCUT2D eigenvalue weighted by atomic mass is 10.1. The Kier molecular flexibility index (Phi) is 6.02. The van der Waals surface area contributed by atoms with Crippen LogP contribution in [-0.2, 0) is 9.53 Å². The molecule has 1 atom stereocenters. The highest BCUT2D eigenvalue weighted by atomic mass is 35.5. The van der Waals surface area contributed by atoms with E-state index in [2.05, 4.69) is 5.32 Å². The number of esters is 1. The monoisotopic (exact) mass is 351 g/mol. The van der Waals surface area contributed by atoms with E-state index in [-0.39, 0.29) is 12.6 Å². The molecule has 0 radical (unpaired) electrons. The second-order valence-corrected chi connectivity index (χ2v) is 5.74. The van der Waals surface area contributed by atoms with Crippen molar-refractivity contribution in [3.05, 3.63) is 69.7 Å². The normalized spacial score (nSPS) is 11.6. The summed E-state index contributed by atoms with van der Waals surface area (Å²) in [4.78, 5) is 23.6. The predicted molar refractivity (Wildman–Crippen MR) is 89.7 cm³/mol. The van der Waals surface area contributed by atoms with Crippen LogP contribution < -0.4 is 5.32 Å². The molecule has 6 heteroatoms. The van der Waals surface area contributed by atoms with Crippen LogP contribution in [0.2, 0.25) is 10.0 Å². The van der Waals surface area contributed by atoms with Crippen LogP contribution >= 0.6 is 23.2 Å². The molecule has 0 saturated carbocycles. The minimum absolute atomic E-state index is 0.331. The van der Waals surface area contributed by atoms with E-state index in [0.717, 1.165) is 5.56 Å². The van der Waals surface area contributed by atoms with Crippen LogP contribution in [0.15, 0.2) is 48.5 Å². The van der Waals surface area contributed by atoms with E-state index in [1.54, 1.807) is 55.5 Å². The summed E-state index contributed by atoms with van der Waals surface area (Å²) in [6, 6.07) is 13.2. The second-order valence-electron chi connectivity index (χ2n) is 4.90. The molecule has 1 N–H and O–H groups in total. The molecule has 1 unspecified atom stereocenters. The molecule has 0 saturated heterocycles. The fraction of sp³-hybridized carbons (Fsp3) is 0.176. The maximum absolute atomic E-state index is 11.9. The largest absolute Gasteiger partial charge is 0.452 e. The molecule has 0 aliphatic carbocycles. The number of hydrogen-bond donors (Lipinski definition) is 1. The van der Waals surface area contributed by atoms with Crippen LogP contribution in [0.25, 0.3) is 0 Å². The fourth-order valence-electron chi connectivity index (χ4n) is 2.00. The minimum atomic E-state index is -0.544. The average molecular weight is 352 g/mol. The Hall–Kier alpha value is -2.04. The molecule has 2 rings (SSSR count). The fourth-order valence-corrected chi connectivity index (χ4v) is 2.57. The first-order valence-corrected chi connectivity index (χ1v) is 7.69. The highest BCUT2D eigenvalue weighted by Crippen LogP contribution is 2.25. The minimum Gasteiger partial charge on any atom is -0.452 e. The number of rotatable bonds is 5. The topological polar surface area (TPSA) is 55.4 Å². The number of hydrogen-bond acceptors (Lipinski definition) is 3. The summed E-state index contributed by atoms with van der Waals surface area (Å²) < 4.78 is 4.97. The van der Waals surface area contributed by atoms with Gasteiger partial charge in [-0.1, -0.05) is 47.5 Å². The molecule has 0 aliphatic rings. The molecule has 23 heavy (non-hydrogen) atoms. The summed E-state index contributed by atoms with van der Waals surface area (Å²) in [6.07, 6.45) is 0. The van der Waals surface area contributed by atoms with Crippen molar-refractivity contribution in [1.29, 1.82) is 0 Å². The summed E-state index contributed by atoms with van der Waals surface area (Å²) >= 11 is 11.9. The van der Waals surface area contributed by atoms with Crippen LogP contribution in [0, 0.1) is 0 Å². The second kappa shape index (κ2) is 7.99. The molecule has 4 nitrogen and oxygen atoms in total. The van der Waals surface area contributed by atoms with Gasteiger partial charge in [0.1, 0.15) is 0 Å². The van der Waals surface area contributed by atoms with Gasteiger partial charge in [0, 0.05) is 10.0 Å². The smallest absolute Gasteiger partial charge is 0.338 e. The third-order valence-corrected chi connectivity index (χ3v) is 3.71. The van der Waals surface area contributed by atoms with Gasteiger partial charge in [0.25, 0.3) is 5.91 Å². The first-order valence-electron chi connectivity index (χ1n) is 6.94. The van der Waals surface area contributed by atoms with Crippen molar-refractivity contribution in [2.24, 2.45) is 0 Å². The van der Waals surface area contributed by atoms with E-state index in [1.165, 1.54) is 0 Å². The third-order valence-electron chi connectivity index (χ3n) is 3.15. The highest BCUT2D eigenvalue weighted by molar-refractivity contribution is 6.35. The molecular weight excluding hydrogens is 337 g/mol. The van der Waals surface area contributed by atoms with Gasteiger partial charge in [-0.05, 0) is 36.8 Å².